The Labute approximate surface area is 872 Å². The smallest absolute Gasteiger partial charge is 0.154 e. The summed E-state index contributed by atoms with van der Waals surface area (Å²) in [6, 6.07) is 17.0. The number of piperidine rings is 4. The van der Waals surface area contributed by atoms with Gasteiger partial charge in [-0.05, 0) is 223 Å². The molecule has 8 aromatic heterocycles. The van der Waals surface area contributed by atoms with E-state index in [1.165, 1.54) is 23.5 Å². The van der Waals surface area contributed by atoms with E-state index in [2.05, 4.69) is 141 Å². The summed E-state index contributed by atoms with van der Waals surface area (Å²) in [6.07, 6.45) is 30.0. The van der Waals surface area contributed by atoms with Crippen LogP contribution in [0.25, 0.3) is 22.1 Å². The van der Waals surface area contributed by atoms with Crippen molar-refractivity contribution < 1.29 is 36.7 Å². The molecule has 28 nitrogen and oxygen atoms in total. The first-order valence-electron chi connectivity index (χ1n) is 44.4. The second-order valence-electron chi connectivity index (χ2n) is 37.8. The maximum atomic E-state index is 12.9. The van der Waals surface area contributed by atoms with Gasteiger partial charge in [-0.15, -0.1) is 12.6 Å². The first-order chi connectivity index (χ1) is 63.6. The molecule has 19 rings (SSSR count). The van der Waals surface area contributed by atoms with Gasteiger partial charge in [-0.2, -0.15) is 0 Å². The van der Waals surface area contributed by atoms with Crippen molar-refractivity contribution in [2.45, 2.75) is 244 Å². The van der Waals surface area contributed by atoms with Crippen molar-refractivity contribution in [1.82, 2.24) is 77.0 Å². The number of halogens is 9. The van der Waals surface area contributed by atoms with E-state index < -0.39 is 33.0 Å². The monoisotopic (exact) mass is 2250 g/mol. The third kappa shape index (κ3) is 25.6. The van der Waals surface area contributed by atoms with Gasteiger partial charge in [-0.25, -0.2) is 66.7 Å². The molecule has 0 radical (unpaired) electrons. The van der Waals surface area contributed by atoms with Crippen molar-refractivity contribution in [3.05, 3.63) is 174 Å². The molecule has 136 heavy (non-hydrogen) atoms. The van der Waals surface area contributed by atoms with E-state index in [0.29, 0.717) is 46.8 Å². The average molecular weight is 2250 g/mol. The molecule has 0 amide bonds. The fourth-order valence-corrected chi connectivity index (χ4v) is 25.3. The summed E-state index contributed by atoms with van der Waals surface area (Å²) in [4.78, 5) is 44.7. The predicted octanol–water partition coefficient (Wildman–Crippen LogP) is 20.6. The lowest BCUT2D eigenvalue weighted by Crippen LogP contribution is -2.55. The Morgan fingerprint density at radius 3 is 1.10 bits per heavy atom. The van der Waals surface area contributed by atoms with Gasteiger partial charge >= 0.3 is 0 Å². The van der Waals surface area contributed by atoms with Gasteiger partial charge in [-0.3, -0.25) is 17.6 Å². The van der Waals surface area contributed by atoms with Crippen molar-refractivity contribution in [3.8, 4) is 0 Å². The van der Waals surface area contributed by atoms with Gasteiger partial charge in [0, 0.05) is 88.8 Å². The number of hydrogen-bond acceptors (Lipinski definition) is 24. The maximum absolute atomic E-state index is 12.9. The molecule has 8 aliphatic heterocycles. The maximum Gasteiger partial charge on any atom is 0.154 e. The number of nitrogens with two attached hydrogens (primary N) is 1. The van der Waals surface area contributed by atoms with E-state index in [4.69, 9.17) is 121 Å². The van der Waals surface area contributed by atoms with Crippen LogP contribution in [-0.2, 0) is 51.9 Å². The third-order valence-corrected chi connectivity index (χ3v) is 37.6. The topological polar surface area (TPSA) is 313 Å². The number of aliphatic hydroxyl groups is 1. The summed E-state index contributed by atoms with van der Waals surface area (Å²) in [5.41, 5.74) is 10.5. The number of anilines is 3. The molecule has 8 saturated heterocycles. The van der Waals surface area contributed by atoms with E-state index in [-0.39, 0.29) is 99.3 Å². The fourth-order valence-electron chi connectivity index (χ4n) is 18.0. The molecule has 746 valence electrons. The second kappa shape index (κ2) is 48.1. The minimum atomic E-state index is -1.14. The summed E-state index contributed by atoms with van der Waals surface area (Å²) in [6.45, 7) is 36.7. The van der Waals surface area contributed by atoms with Gasteiger partial charge in [0.25, 0.3) is 0 Å². The largest absolute Gasteiger partial charge is 0.400 e. The minimum Gasteiger partial charge on any atom is -0.400 e. The number of aliphatic hydroxyl groups excluding tert-OH is 1. The van der Waals surface area contributed by atoms with Crippen molar-refractivity contribution in [2.24, 2.45) is 27.4 Å². The lowest BCUT2D eigenvalue weighted by Gasteiger charge is -2.43. The molecule has 43 heteroatoms. The van der Waals surface area contributed by atoms with Crippen LogP contribution >= 0.6 is 149 Å². The average Bonchev–Trinajstić information content (AvgIpc) is 1.52. The Hall–Kier alpha value is -4.37. The minimum absolute atomic E-state index is 0. The van der Waals surface area contributed by atoms with E-state index >= 15 is 0 Å². The summed E-state index contributed by atoms with van der Waals surface area (Å²) >= 11 is 56.2. The van der Waals surface area contributed by atoms with Crippen LogP contribution in [-0.4, -0.2) is 224 Å². The summed E-state index contributed by atoms with van der Waals surface area (Å²) in [5.74, 6) is 2.83. The van der Waals surface area contributed by atoms with Gasteiger partial charge in [-0.1, -0.05) is 138 Å². The zero-order valence-electron chi connectivity index (χ0n) is 77.4. The highest BCUT2D eigenvalue weighted by Gasteiger charge is 2.54. The SMILES string of the molecule is C.C.CO.C[C@@H]1OCC2(CCN(c3ncc(Br)n4cncc34)CC2)[C@@H]1NS(=O)C(C)(C)C.C[C@@H]1OCC2(CCN(c3ncc(Sc4cccc(Cl)c4Cl)n4cncc34)CC2)[C@@H]1N.C[C@@H]1OCC2(CCN(c3ncc(Sc4cccc(Cl)c4Cl)n4cncc34)CC2)[C@@H]1NS(=O)C(C)(C)C.C[C@@H]1OCC2(CCNCC2)[C@@H]1NS(=O)C(C)(C)C.Clc1ncc(Br)n2cncc12.Sc1cccc(Cl)c1Cl. The van der Waals surface area contributed by atoms with Gasteiger partial charge in [0.15, 0.2) is 22.6 Å². The summed E-state index contributed by atoms with van der Waals surface area (Å²) < 4.78 is 80.8. The van der Waals surface area contributed by atoms with Crippen LogP contribution in [0, 0.1) is 21.7 Å². The van der Waals surface area contributed by atoms with Gasteiger partial charge in [0.05, 0.1) is 196 Å². The van der Waals surface area contributed by atoms with Crippen molar-refractivity contribution in [3.63, 3.8) is 0 Å². The molecule has 16 heterocycles. The van der Waals surface area contributed by atoms with E-state index in [1.807, 2.05) is 143 Å². The number of thiol groups is 1. The normalized spacial score (nSPS) is 22.7. The van der Waals surface area contributed by atoms with Crippen LogP contribution < -0.4 is 39.9 Å². The summed E-state index contributed by atoms with van der Waals surface area (Å²) in [7, 11) is -2.28. The Morgan fingerprint density at radius 1 is 0.441 bits per heavy atom. The Balaban J connectivity index is 0.000000163. The predicted molar refractivity (Wildman–Crippen MR) is 569 cm³/mol. The molecule has 8 aliphatic rings. The number of rotatable bonds is 13. The number of nitrogens with zero attached hydrogens (tertiary/aromatic N) is 15. The highest BCUT2D eigenvalue weighted by molar-refractivity contribution is 9.10. The molecule has 4 spiro atoms. The van der Waals surface area contributed by atoms with Crippen molar-refractivity contribution >= 4 is 222 Å². The molecule has 8 fully saturated rings. The Kier molecular flexibility index (Phi) is 39.6. The van der Waals surface area contributed by atoms with E-state index in [0.717, 1.165) is 199 Å². The van der Waals surface area contributed by atoms with Crippen LogP contribution in [0.5, 0.6) is 0 Å². The zero-order chi connectivity index (χ0) is 96.7. The molecule has 0 bridgehead atoms. The molecule has 0 aliphatic carbocycles. The number of aromatic nitrogens is 12. The highest BCUT2D eigenvalue weighted by atomic mass is 79.9. The lowest BCUT2D eigenvalue weighted by molar-refractivity contribution is 0.0951. The lowest BCUT2D eigenvalue weighted by atomic mass is 9.73. The zero-order valence-corrected chi connectivity index (χ0v) is 90.8. The Morgan fingerprint density at radius 2 is 0.750 bits per heavy atom. The van der Waals surface area contributed by atoms with Crippen molar-refractivity contribution in [1.29, 1.82) is 0 Å². The van der Waals surface area contributed by atoms with Crippen molar-refractivity contribution in [2.75, 3.05) is 101 Å². The first-order valence-corrected chi connectivity index (χ1v) is 54.1. The summed E-state index contributed by atoms with van der Waals surface area (Å²) in [5, 5.41) is 15.9. The molecular weight excluding hydrogens is 2130 g/mol. The van der Waals surface area contributed by atoms with Gasteiger partial charge in [0.1, 0.15) is 66.6 Å². The highest BCUT2D eigenvalue weighted by Crippen LogP contribution is 2.49. The fraction of sp³-hybridized carbons (Fsp3) is 0.548. The number of nitrogens with one attached hydrogen (secondary N) is 4. The number of benzene rings is 3. The Bertz CT molecular complexity index is 5860. The van der Waals surface area contributed by atoms with Crippen LogP contribution in [0.1, 0.15) is 156 Å². The van der Waals surface area contributed by atoms with Gasteiger partial charge < -0.3 is 49.8 Å². The quantitative estimate of drug-likeness (QED) is 0.0527. The molecule has 0 saturated carbocycles. The molecule has 3 unspecified atom stereocenters. The van der Waals surface area contributed by atoms with Crippen LogP contribution in [0.3, 0.4) is 0 Å². The molecule has 11 atom stereocenters. The molecule has 3 aromatic carbocycles. The van der Waals surface area contributed by atoms with E-state index in [9.17, 15) is 12.6 Å². The van der Waals surface area contributed by atoms with Crippen LogP contribution in [0.2, 0.25) is 35.3 Å². The van der Waals surface area contributed by atoms with Crippen LogP contribution in [0.4, 0.5) is 17.5 Å². The molecule has 7 N–H and O–H groups in total. The second-order valence-corrected chi connectivity index (χ2v) is 50.7. The number of imidazole rings is 4. The standard InChI is InChI=1S/C25H31Cl2N5O2S2.C21H23Cl2N5OS.C19H28BrN5O2S.C13H26N2O2S.C6H3BrClN3.C6H4Cl2S.CH4O.2CH4/c1-16-22(30-36(33)24(2,3)4)25(14-34-16)8-10-31(11-9-25)23-18-12-28-15-32(18)20(13-29-23)35-19-7-5-6-17(26)21(19)27;1-13-19(24)21(11-29-13)5-7-27(8-6-21)20-15-9-25-12-28(15)17(10-26-20)30-16-4-2-3-14(22)18(16)23;1-13-16(23-28(26)18(2,3)4)19(11-27-13)5-7-24(8-6-19)17-14-9-21-12-25(14)15(20)10-22-17;1-10-11(15-18(16)12(2,3)4)13(9-17-10)5-7-14-8-6-13;7-5-2-10-6(8)4-1-9-3-11(4)5;7-4-2-1-3-5(9)6(4)8;1-2;;/h5-7,12-13,15-16,22,30H,8-11,14H2,1-4H3;2-4,9-10,12-13,19H,5-8,11,24H2,1H3;9-10,12-13,16,23H,5-8,11H2,1-4H3;10-11,14-15H,5-9H2,1-4H3;1-3H;1-3,9H;2H,1H3;2*1H4/t16-,22+,36?;13-,19+;13-,16+,28?;10-,11+,18?;;;;;/m0000...../s1. The number of hydrogen-bond donors (Lipinski definition) is 7. The number of fused-ring (bicyclic) bond motifs is 4. The van der Waals surface area contributed by atoms with E-state index in [1.54, 1.807) is 61.7 Å². The van der Waals surface area contributed by atoms with Gasteiger partial charge in [0.2, 0.25) is 0 Å². The first kappa shape index (κ1) is 112. The third-order valence-electron chi connectivity index (χ3n) is 26.0. The number of ether oxygens (including phenoxy) is 4. The van der Waals surface area contributed by atoms with Crippen LogP contribution in [0.15, 0.2) is 163 Å². The molecular formula is C93H127Br2Cl7N20O8S6. The molecule has 11 aromatic rings.